The monoisotopic (exact) mass is 188 g/mol. The van der Waals surface area contributed by atoms with Crippen molar-refractivity contribution in [2.45, 2.75) is 39.1 Å². The van der Waals surface area contributed by atoms with Crippen molar-refractivity contribution >= 4 is 5.97 Å². The predicted molar refractivity (Wildman–Crippen MR) is 46.2 cm³/mol. The Morgan fingerprint density at radius 3 is 2.46 bits per heavy atom. The second-order valence-corrected chi connectivity index (χ2v) is 3.74. The van der Waals surface area contributed by atoms with E-state index < -0.39 is 11.4 Å². The van der Waals surface area contributed by atoms with E-state index in [4.69, 9.17) is 14.2 Å². The van der Waals surface area contributed by atoms with E-state index in [1.54, 1.807) is 27.7 Å². The second-order valence-electron chi connectivity index (χ2n) is 3.74. The summed E-state index contributed by atoms with van der Waals surface area (Å²) in [6, 6.07) is 0. The molecule has 1 atom stereocenters. The first kappa shape index (κ1) is 10.5. The molecule has 0 aromatic carbocycles. The lowest BCUT2D eigenvalue weighted by atomic mass is 10.1. The Balaban J connectivity index is 2.64. The number of hydrogen-bond donors (Lipinski definition) is 0. The average molecular weight is 188 g/mol. The Morgan fingerprint density at radius 1 is 1.46 bits per heavy atom. The van der Waals surface area contributed by atoms with E-state index in [-0.39, 0.29) is 12.6 Å². The van der Waals surface area contributed by atoms with E-state index >= 15 is 0 Å². The molecule has 0 N–H and O–H groups in total. The fraction of sp³-hybridized carbons (Fsp3) is 0.889. The van der Waals surface area contributed by atoms with E-state index in [2.05, 4.69) is 0 Å². The Hall–Kier alpha value is -0.610. The van der Waals surface area contributed by atoms with Gasteiger partial charge in [-0.2, -0.15) is 0 Å². The van der Waals surface area contributed by atoms with Gasteiger partial charge in [0.15, 0.2) is 11.4 Å². The van der Waals surface area contributed by atoms with Gasteiger partial charge in [-0.25, -0.2) is 4.79 Å². The van der Waals surface area contributed by atoms with Gasteiger partial charge in [0.2, 0.25) is 0 Å². The molecule has 0 saturated carbocycles. The van der Waals surface area contributed by atoms with E-state index in [1.165, 1.54) is 0 Å². The number of esters is 1. The maximum atomic E-state index is 11.4. The molecule has 1 saturated heterocycles. The van der Waals surface area contributed by atoms with Crippen LogP contribution in [0.3, 0.4) is 0 Å². The Kier molecular flexibility index (Phi) is 2.63. The summed E-state index contributed by atoms with van der Waals surface area (Å²) in [7, 11) is 0. The maximum Gasteiger partial charge on any atom is 0.340 e. The molecule has 0 radical (unpaired) electrons. The first-order valence-corrected chi connectivity index (χ1v) is 4.41. The molecule has 76 valence electrons. The summed E-state index contributed by atoms with van der Waals surface area (Å²) in [5.74, 6) is -1.05. The van der Waals surface area contributed by atoms with Gasteiger partial charge in [0.25, 0.3) is 0 Å². The molecular weight excluding hydrogens is 172 g/mol. The van der Waals surface area contributed by atoms with Crippen LogP contribution in [-0.4, -0.2) is 30.6 Å². The van der Waals surface area contributed by atoms with Gasteiger partial charge in [-0.1, -0.05) is 0 Å². The summed E-state index contributed by atoms with van der Waals surface area (Å²) >= 11 is 0. The molecule has 1 fully saturated rings. The van der Waals surface area contributed by atoms with Crippen LogP contribution in [0, 0.1) is 0 Å². The molecule has 0 bridgehead atoms. The third-order valence-electron chi connectivity index (χ3n) is 1.87. The maximum absolute atomic E-state index is 11.4. The quantitative estimate of drug-likeness (QED) is 0.608. The molecule has 0 amide bonds. The highest BCUT2D eigenvalue weighted by Crippen LogP contribution is 2.31. The summed E-state index contributed by atoms with van der Waals surface area (Å²) in [6.45, 7) is 7.61. The molecule has 0 aromatic rings. The van der Waals surface area contributed by atoms with Crippen molar-refractivity contribution in [1.29, 1.82) is 0 Å². The van der Waals surface area contributed by atoms with Crippen LogP contribution in [0.5, 0.6) is 0 Å². The fourth-order valence-corrected chi connectivity index (χ4v) is 1.30. The molecule has 1 rings (SSSR count). The Morgan fingerprint density at radius 2 is 2.08 bits per heavy atom. The van der Waals surface area contributed by atoms with Crippen molar-refractivity contribution < 1.29 is 19.0 Å². The number of carbonyl (C=O) groups excluding carboxylic acids is 1. The molecular formula is C9H16O4. The summed E-state index contributed by atoms with van der Waals surface area (Å²) in [4.78, 5) is 11.4. The molecule has 4 nitrogen and oxygen atoms in total. The molecule has 0 spiro atoms. The zero-order valence-electron chi connectivity index (χ0n) is 8.55. The standard InChI is InChI=1S/C9H16O4/c1-5-11-7(10)9(4)6-12-8(2,3)13-9/h5-6H2,1-4H3. The van der Waals surface area contributed by atoms with Crippen molar-refractivity contribution in [2.75, 3.05) is 13.2 Å². The highest BCUT2D eigenvalue weighted by atomic mass is 16.8. The predicted octanol–water partition coefficient (Wildman–Crippen LogP) is 1.09. The minimum absolute atomic E-state index is 0.249. The van der Waals surface area contributed by atoms with Crippen LogP contribution in [0.15, 0.2) is 0 Å². The smallest absolute Gasteiger partial charge is 0.340 e. The lowest BCUT2D eigenvalue weighted by Gasteiger charge is -2.22. The highest BCUT2D eigenvalue weighted by Gasteiger charge is 2.48. The van der Waals surface area contributed by atoms with Gasteiger partial charge in [-0.05, 0) is 27.7 Å². The zero-order chi connectivity index (χ0) is 10.1. The van der Waals surface area contributed by atoms with Gasteiger partial charge < -0.3 is 14.2 Å². The van der Waals surface area contributed by atoms with E-state index in [0.717, 1.165) is 0 Å². The normalized spacial score (nSPS) is 31.7. The SMILES string of the molecule is CCOC(=O)C1(C)COC(C)(C)O1. The summed E-state index contributed by atoms with van der Waals surface area (Å²) in [5.41, 5.74) is -0.945. The van der Waals surface area contributed by atoms with Crippen LogP contribution in [-0.2, 0) is 19.0 Å². The largest absolute Gasteiger partial charge is 0.464 e. The molecule has 13 heavy (non-hydrogen) atoms. The molecule has 0 aromatic heterocycles. The van der Waals surface area contributed by atoms with Gasteiger partial charge in [0, 0.05) is 0 Å². The van der Waals surface area contributed by atoms with Gasteiger partial charge in [0.05, 0.1) is 13.2 Å². The number of hydrogen-bond acceptors (Lipinski definition) is 4. The van der Waals surface area contributed by atoms with Gasteiger partial charge in [-0.15, -0.1) is 0 Å². The number of rotatable bonds is 2. The number of carbonyl (C=O) groups is 1. The fourth-order valence-electron chi connectivity index (χ4n) is 1.30. The molecule has 0 aliphatic carbocycles. The van der Waals surface area contributed by atoms with Crippen LogP contribution < -0.4 is 0 Å². The third-order valence-corrected chi connectivity index (χ3v) is 1.87. The van der Waals surface area contributed by atoms with Crippen LogP contribution in [0.4, 0.5) is 0 Å². The Labute approximate surface area is 78.2 Å². The van der Waals surface area contributed by atoms with Crippen LogP contribution >= 0.6 is 0 Å². The Bertz CT molecular complexity index is 212. The van der Waals surface area contributed by atoms with Crippen LogP contribution in [0.2, 0.25) is 0 Å². The van der Waals surface area contributed by atoms with Crippen molar-refractivity contribution in [3.63, 3.8) is 0 Å². The topological polar surface area (TPSA) is 44.8 Å². The van der Waals surface area contributed by atoms with Crippen molar-refractivity contribution in [1.82, 2.24) is 0 Å². The molecule has 1 aliphatic rings. The first-order valence-electron chi connectivity index (χ1n) is 4.41. The van der Waals surface area contributed by atoms with E-state index in [0.29, 0.717) is 6.61 Å². The molecule has 4 heteroatoms. The van der Waals surface area contributed by atoms with Crippen LogP contribution in [0.1, 0.15) is 27.7 Å². The zero-order valence-corrected chi connectivity index (χ0v) is 8.55. The first-order chi connectivity index (χ1) is 5.90. The summed E-state index contributed by atoms with van der Waals surface area (Å²) < 4.78 is 15.6. The lowest BCUT2D eigenvalue weighted by Crippen LogP contribution is -2.41. The van der Waals surface area contributed by atoms with Crippen molar-refractivity contribution in [2.24, 2.45) is 0 Å². The van der Waals surface area contributed by atoms with Crippen LogP contribution in [0.25, 0.3) is 0 Å². The number of ether oxygens (including phenoxy) is 3. The lowest BCUT2D eigenvalue weighted by molar-refractivity contribution is -0.186. The molecule has 1 heterocycles. The summed E-state index contributed by atoms with van der Waals surface area (Å²) in [6.07, 6.45) is 0. The van der Waals surface area contributed by atoms with Crippen molar-refractivity contribution in [3.05, 3.63) is 0 Å². The van der Waals surface area contributed by atoms with E-state index in [1.807, 2.05) is 0 Å². The molecule has 1 aliphatic heterocycles. The highest BCUT2D eigenvalue weighted by molar-refractivity contribution is 5.79. The average Bonchev–Trinajstić information content (AvgIpc) is 2.28. The van der Waals surface area contributed by atoms with Gasteiger partial charge in [-0.3, -0.25) is 0 Å². The third kappa shape index (κ3) is 2.19. The summed E-state index contributed by atoms with van der Waals surface area (Å²) in [5, 5.41) is 0. The van der Waals surface area contributed by atoms with Crippen molar-refractivity contribution in [3.8, 4) is 0 Å². The second kappa shape index (κ2) is 3.27. The minimum atomic E-state index is -0.945. The molecule has 1 unspecified atom stereocenters. The van der Waals surface area contributed by atoms with Gasteiger partial charge in [0.1, 0.15) is 0 Å². The van der Waals surface area contributed by atoms with E-state index in [9.17, 15) is 4.79 Å². The minimum Gasteiger partial charge on any atom is -0.464 e. The van der Waals surface area contributed by atoms with Gasteiger partial charge >= 0.3 is 5.97 Å².